The molecule has 120 valence electrons. The maximum absolute atomic E-state index is 11.6. The lowest BCUT2D eigenvalue weighted by molar-refractivity contribution is -0.123. The minimum Gasteiger partial charge on any atom is -1.00 e. The molecule has 0 saturated carbocycles. The number of benzene rings is 1. The van der Waals surface area contributed by atoms with E-state index >= 15 is 0 Å². The molecular formula is C14H15Cl3N3O2-. The van der Waals surface area contributed by atoms with Gasteiger partial charge in [0.05, 0.1) is 11.3 Å². The molecule has 0 bridgehead atoms. The van der Waals surface area contributed by atoms with Crippen molar-refractivity contribution < 1.29 is 21.9 Å². The lowest BCUT2D eigenvalue weighted by Crippen LogP contribution is -3.00. The molecule has 8 heteroatoms. The van der Waals surface area contributed by atoms with Crippen LogP contribution in [0.2, 0.25) is 10.0 Å². The molecule has 2 aromatic rings. The van der Waals surface area contributed by atoms with Gasteiger partial charge in [0.15, 0.2) is 6.61 Å². The van der Waals surface area contributed by atoms with Gasteiger partial charge in [-0.1, -0.05) is 23.2 Å². The second-order valence-corrected chi connectivity index (χ2v) is 5.21. The van der Waals surface area contributed by atoms with E-state index in [1.807, 2.05) is 10.8 Å². The molecule has 0 aliphatic rings. The smallest absolute Gasteiger partial charge is 0.257 e. The van der Waals surface area contributed by atoms with Crippen LogP contribution < -0.4 is 22.5 Å². The topological polar surface area (TPSA) is 56.1 Å². The van der Waals surface area contributed by atoms with Gasteiger partial charge in [-0.3, -0.25) is 4.79 Å². The van der Waals surface area contributed by atoms with E-state index in [4.69, 9.17) is 27.9 Å². The van der Waals surface area contributed by atoms with Crippen molar-refractivity contribution in [2.45, 2.75) is 13.0 Å². The Morgan fingerprint density at radius 2 is 2.18 bits per heavy atom. The van der Waals surface area contributed by atoms with Crippen molar-refractivity contribution in [1.29, 1.82) is 0 Å². The van der Waals surface area contributed by atoms with E-state index in [1.165, 1.54) is 0 Å². The summed E-state index contributed by atoms with van der Waals surface area (Å²) in [6, 6.07) is 4.87. The number of hydrogen-bond donors (Lipinski definition) is 1. The van der Waals surface area contributed by atoms with E-state index in [2.05, 4.69) is 10.3 Å². The minimum atomic E-state index is -0.188. The molecule has 0 saturated heterocycles. The summed E-state index contributed by atoms with van der Waals surface area (Å²) in [5.74, 6) is 0.251. The first-order valence-corrected chi connectivity index (χ1v) is 7.21. The highest BCUT2D eigenvalue weighted by atomic mass is 35.5. The van der Waals surface area contributed by atoms with Crippen molar-refractivity contribution in [2.75, 3.05) is 13.2 Å². The number of aromatic nitrogens is 2. The highest BCUT2D eigenvalue weighted by molar-refractivity contribution is 6.35. The molecule has 0 radical (unpaired) electrons. The number of hydrogen-bond acceptors (Lipinski definition) is 3. The van der Waals surface area contributed by atoms with Crippen molar-refractivity contribution in [3.05, 3.63) is 47.0 Å². The van der Waals surface area contributed by atoms with E-state index in [1.54, 1.807) is 30.7 Å². The summed E-state index contributed by atoms with van der Waals surface area (Å²) in [5.41, 5.74) is 0. The van der Waals surface area contributed by atoms with Gasteiger partial charge in [0.2, 0.25) is 0 Å². The number of nitrogens with one attached hydrogen (secondary N) is 1. The van der Waals surface area contributed by atoms with Crippen molar-refractivity contribution in [3.8, 4) is 5.75 Å². The first-order chi connectivity index (χ1) is 10.1. The molecule has 2 rings (SSSR count). The molecule has 0 atom stereocenters. The Kier molecular flexibility index (Phi) is 8.09. The Hall–Kier alpha value is -1.43. The quantitative estimate of drug-likeness (QED) is 0.692. The largest absolute Gasteiger partial charge is 1.00 e. The summed E-state index contributed by atoms with van der Waals surface area (Å²) in [5, 5.41) is 3.69. The summed E-state index contributed by atoms with van der Waals surface area (Å²) in [6.07, 6.45) is 6.17. The number of carbonyl (C=O) groups is 1. The van der Waals surface area contributed by atoms with Crippen LogP contribution in [0.5, 0.6) is 5.75 Å². The van der Waals surface area contributed by atoms with Crippen LogP contribution in [0.1, 0.15) is 6.42 Å². The third kappa shape index (κ3) is 6.13. The Balaban J connectivity index is 0.00000242. The number of nitrogens with zero attached hydrogens (tertiary/aromatic N) is 2. The van der Waals surface area contributed by atoms with Crippen molar-refractivity contribution in [2.24, 2.45) is 0 Å². The highest BCUT2D eigenvalue weighted by Crippen LogP contribution is 2.27. The molecule has 0 aliphatic carbocycles. The predicted molar refractivity (Wildman–Crippen MR) is 81.8 cm³/mol. The van der Waals surface area contributed by atoms with Gasteiger partial charge in [-0.15, -0.1) is 0 Å². The Bertz CT molecular complexity index is 591. The predicted octanol–water partition coefficient (Wildman–Crippen LogP) is -0.221. The number of rotatable bonds is 7. The van der Waals surface area contributed by atoms with Crippen LogP contribution in [0, 0.1) is 0 Å². The molecule has 1 N–H and O–H groups in total. The molecule has 22 heavy (non-hydrogen) atoms. The van der Waals surface area contributed by atoms with Crippen LogP contribution in [0.3, 0.4) is 0 Å². The molecule has 0 fully saturated rings. The van der Waals surface area contributed by atoms with Crippen LogP contribution in [0.15, 0.2) is 36.9 Å². The summed E-state index contributed by atoms with van der Waals surface area (Å²) >= 11 is 11.7. The normalized spacial score (nSPS) is 9.91. The highest BCUT2D eigenvalue weighted by Gasteiger charge is 2.06. The zero-order valence-corrected chi connectivity index (χ0v) is 13.9. The van der Waals surface area contributed by atoms with Crippen LogP contribution in [-0.4, -0.2) is 28.6 Å². The number of aryl methyl sites for hydroxylation is 1. The van der Waals surface area contributed by atoms with Crippen LogP contribution >= 0.6 is 23.2 Å². The molecule has 5 nitrogen and oxygen atoms in total. The van der Waals surface area contributed by atoms with Gasteiger partial charge in [0.1, 0.15) is 5.75 Å². The minimum absolute atomic E-state index is 0. The summed E-state index contributed by atoms with van der Waals surface area (Å²) in [4.78, 5) is 15.6. The molecule has 1 heterocycles. The third-order valence-electron chi connectivity index (χ3n) is 2.73. The van der Waals surface area contributed by atoms with E-state index in [9.17, 15) is 4.79 Å². The summed E-state index contributed by atoms with van der Waals surface area (Å²) in [7, 11) is 0. The van der Waals surface area contributed by atoms with Gasteiger partial charge in [-0.05, 0) is 24.6 Å². The number of carbonyl (C=O) groups excluding carboxylic acids is 1. The van der Waals surface area contributed by atoms with Gasteiger partial charge >= 0.3 is 0 Å². The maximum Gasteiger partial charge on any atom is 0.257 e. The lowest BCUT2D eigenvalue weighted by Gasteiger charge is -2.09. The number of halogens is 3. The molecule has 0 aliphatic heterocycles. The fraction of sp³-hybridized carbons (Fsp3) is 0.286. The Morgan fingerprint density at radius 3 is 2.86 bits per heavy atom. The van der Waals surface area contributed by atoms with Gasteiger partial charge in [0, 0.05) is 30.5 Å². The van der Waals surface area contributed by atoms with Gasteiger partial charge < -0.3 is 27.0 Å². The SMILES string of the molecule is O=C(COc1ccc(Cl)cc1Cl)NCCCn1ccnc1.[Cl-]. The van der Waals surface area contributed by atoms with Crippen LogP contribution in [0.25, 0.3) is 0 Å². The second kappa shape index (κ2) is 9.56. The summed E-state index contributed by atoms with van der Waals surface area (Å²) < 4.78 is 7.29. The van der Waals surface area contributed by atoms with E-state index in [0.29, 0.717) is 22.3 Å². The standard InChI is InChI=1S/C14H15Cl2N3O2.ClH/c15-11-2-3-13(12(16)8-11)21-9-14(20)18-4-1-6-19-7-5-17-10-19;/h2-3,5,7-8,10H,1,4,6,9H2,(H,18,20);1H/p-1. The fourth-order valence-electron chi connectivity index (χ4n) is 1.70. The maximum atomic E-state index is 11.6. The monoisotopic (exact) mass is 362 g/mol. The molecule has 0 spiro atoms. The zero-order valence-electron chi connectivity index (χ0n) is 11.6. The molecule has 0 unspecified atom stereocenters. The van der Waals surface area contributed by atoms with Crippen molar-refractivity contribution >= 4 is 29.1 Å². The van der Waals surface area contributed by atoms with Crippen molar-refractivity contribution in [3.63, 3.8) is 0 Å². The average Bonchev–Trinajstić information content (AvgIpc) is 2.96. The third-order valence-corrected chi connectivity index (χ3v) is 3.26. The van der Waals surface area contributed by atoms with Gasteiger partial charge in [0.25, 0.3) is 5.91 Å². The van der Waals surface area contributed by atoms with Gasteiger partial charge in [-0.2, -0.15) is 0 Å². The second-order valence-electron chi connectivity index (χ2n) is 4.37. The fourth-order valence-corrected chi connectivity index (χ4v) is 2.16. The molecule has 1 amide bonds. The Morgan fingerprint density at radius 1 is 1.36 bits per heavy atom. The molecular weight excluding hydrogens is 349 g/mol. The molecule has 1 aromatic carbocycles. The van der Waals surface area contributed by atoms with E-state index in [0.717, 1.165) is 13.0 Å². The number of imidazole rings is 1. The zero-order chi connectivity index (χ0) is 15.1. The van der Waals surface area contributed by atoms with E-state index < -0.39 is 0 Å². The number of ether oxygens (including phenoxy) is 1. The van der Waals surface area contributed by atoms with Gasteiger partial charge in [-0.25, -0.2) is 4.98 Å². The first-order valence-electron chi connectivity index (χ1n) is 6.45. The average molecular weight is 364 g/mol. The summed E-state index contributed by atoms with van der Waals surface area (Å²) in [6.45, 7) is 1.31. The molecule has 1 aromatic heterocycles. The lowest BCUT2D eigenvalue weighted by atomic mass is 10.3. The first kappa shape index (κ1) is 18.6. The van der Waals surface area contributed by atoms with Crippen LogP contribution in [0.4, 0.5) is 0 Å². The van der Waals surface area contributed by atoms with E-state index in [-0.39, 0.29) is 24.9 Å². The van der Waals surface area contributed by atoms with Crippen LogP contribution in [-0.2, 0) is 11.3 Å². The number of amides is 1. The Labute approximate surface area is 145 Å². The van der Waals surface area contributed by atoms with Crippen molar-refractivity contribution in [1.82, 2.24) is 14.9 Å².